The number of aromatic nitrogens is 4. The first kappa shape index (κ1) is 39.2. The van der Waals surface area contributed by atoms with E-state index in [4.69, 9.17) is 9.47 Å². The van der Waals surface area contributed by atoms with E-state index in [1.807, 2.05) is 111 Å². The molecule has 0 amide bonds. The summed E-state index contributed by atoms with van der Waals surface area (Å²) in [4.78, 5) is 40.4. The van der Waals surface area contributed by atoms with Gasteiger partial charge in [0.2, 0.25) is 0 Å². The number of ether oxygens (including phenoxy) is 2. The monoisotopic (exact) mass is 792 g/mol. The molecule has 0 bridgehead atoms. The summed E-state index contributed by atoms with van der Waals surface area (Å²) in [5.74, 6) is 3.11. The number of nitrogens with zero attached hydrogens (tertiary/aromatic N) is 6. The number of fused-ring (bicyclic) bond motifs is 2. The molecule has 10 nitrogen and oxygen atoms in total. The zero-order valence-electron chi connectivity index (χ0n) is 34.5. The topological polar surface area (TPSA) is 94.7 Å². The molecular weight excluding hydrogens is 737 g/mol. The average Bonchev–Trinajstić information content (AvgIpc) is 3.88. The quantitative estimate of drug-likeness (QED) is 0.151. The second kappa shape index (κ2) is 17.5. The molecule has 2 atom stereocenters. The van der Waals surface area contributed by atoms with E-state index in [1.54, 1.807) is 9.13 Å². The lowest BCUT2D eigenvalue weighted by Crippen LogP contribution is -2.39. The van der Waals surface area contributed by atoms with Crippen LogP contribution >= 0.6 is 0 Å². The zero-order chi connectivity index (χ0) is 40.3. The summed E-state index contributed by atoms with van der Waals surface area (Å²) in [6.07, 6.45) is 14.6. The van der Waals surface area contributed by atoms with Gasteiger partial charge in [-0.3, -0.25) is 23.6 Å². The third-order valence-electron chi connectivity index (χ3n) is 13.0. The van der Waals surface area contributed by atoms with Crippen LogP contribution in [0.5, 0.6) is 11.5 Å². The van der Waals surface area contributed by atoms with Crippen molar-refractivity contribution in [2.45, 2.75) is 109 Å². The molecule has 306 valence electrons. The molecule has 2 aliphatic carbocycles. The lowest BCUT2D eigenvalue weighted by atomic mass is 9.92. The highest BCUT2D eigenvalue weighted by Gasteiger charge is 2.32. The Bertz CT molecular complexity index is 2500. The molecule has 4 aromatic carbocycles. The van der Waals surface area contributed by atoms with Gasteiger partial charge in [-0.1, -0.05) is 43.5 Å². The number of hydrogen-bond donors (Lipinski definition) is 0. The van der Waals surface area contributed by atoms with E-state index in [-0.39, 0.29) is 23.3 Å². The second-order valence-electron chi connectivity index (χ2n) is 16.9. The molecule has 2 aromatic heterocycles. The van der Waals surface area contributed by atoms with Crippen LogP contribution in [0.2, 0.25) is 0 Å². The fourth-order valence-electron chi connectivity index (χ4n) is 9.60. The van der Waals surface area contributed by atoms with Crippen LogP contribution in [0.1, 0.15) is 82.3 Å². The summed E-state index contributed by atoms with van der Waals surface area (Å²) >= 11 is 0. The molecule has 0 N–H and O–H groups in total. The predicted molar refractivity (Wildman–Crippen MR) is 234 cm³/mol. The highest BCUT2D eigenvalue weighted by atomic mass is 16.5. The van der Waals surface area contributed by atoms with Crippen LogP contribution in [-0.4, -0.2) is 79.4 Å². The van der Waals surface area contributed by atoms with Crippen molar-refractivity contribution in [3.8, 4) is 22.9 Å². The van der Waals surface area contributed by atoms with Gasteiger partial charge < -0.3 is 14.4 Å². The van der Waals surface area contributed by atoms with Gasteiger partial charge in [0, 0.05) is 31.7 Å². The van der Waals surface area contributed by atoms with Gasteiger partial charge in [-0.2, -0.15) is 0 Å². The van der Waals surface area contributed by atoms with Crippen molar-refractivity contribution in [3.05, 3.63) is 129 Å². The molecule has 0 radical (unpaired) electrons. The number of para-hydroxylation sites is 2. The van der Waals surface area contributed by atoms with Crippen LogP contribution in [0.3, 0.4) is 0 Å². The Labute approximate surface area is 346 Å². The fraction of sp³-hybridized carbons (Fsp3) is 0.429. The van der Waals surface area contributed by atoms with Gasteiger partial charge in [-0.25, -0.2) is 9.97 Å². The van der Waals surface area contributed by atoms with Crippen LogP contribution in [-0.2, 0) is 0 Å². The lowest BCUT2D eigenvalue weighted by molar-refractivity contribution is 0.133. The first-order valence-electron chi connectivity index (χ1n) is 21.9. The molecule has 2 saturated heterocycles. The Balaban J connectivity index is 0.000000153. The number of likely N-dealkylation sites (tertiary alicyclic amines) is 2. The predicted octanol–water partition coefficient (Wildman–Crippen LogP) is 8.57. The van der Waals surface area contributed by atoms with E-state index in [0.29, 0.717) is 22.4 Å². The van der Waals surface area contributed by atoms with Crippen molar-refractivity contribution in [2.24, 2.45) is 0 Å². The van der Waals surface area contributed by atoms with Gasteiger partial charge in [0.1, 0.15) is 29.3 Å². The van der Waals surface area contributed by atoms with Crippen molar-refractivity contribution in [3.63, 3.8) is 0 Å². The third-order valence-corrected chi connectivity index (χ3v) is 13.0. The van der Waals surface area contributed by atoms with Crippen molar-refractivity contribution in [1.29, 1.82) is 0 Å². The van der Waals surface area contributed by atoms with E-state index in [2.05, 4.69) is 19.8 Å². The number of benzene rings is 4. The molecule has 0 spiro atoms. The average molecular weight is 793 g/mol. The molecule has 59 heavy (non-hydrogen) atoms. The maximum atomic E-state index is 13.0. The number of rotatable bonds is 8. The number of aryl methyl sites for hydroxylation is 2. The van der Waals surface area contributed by atoms with Crippen molar-refractivity contribution < 1.29 is 9.47 Å². The molecule has 4 aliphatic rings. The minimum atomic E-state index is -0.0382. The van der Waals surface area contributed by atoms with Crippen LogP contribution < -0.4 is 20.6 Å². The minimum Gasteiger partial charge on any atom is -0.490 e. The van der Waals surface area contributed by atoms with Gasteiger partial charge in [-0.15, -0.1) is 0 Å². The largest absolute Gasteiger partial charge is 0.490 e. The lowest BCUT2D eigenvalue weighted by Gasteiger charge is -2.34. The van der Waals surface area contributed by atoms with Gasteiger partial charge in [0.05, 0.1) is 39.3 Å². The van der Waals surface area contributed by atoms with Gasteiger partial charge in [-0.05, 0) is 145 Å². The molecule has 2 unspecified atom stereocenters. The molecule has 10 heteroatoms. The van der Waals surface area contributed by atoms with Crippen LogP contribution in [0.15, 0.2) is 107 Å². The molecule has 2 aliphatic heterocycles. The van der Waals surface area contributed by atoms with Crippen molar-refractivity contribution in [1.82, 2.24) is 28.9 Å². The maximum absolute atomic E-state index is 13.0. The molecule has 2 saturated carbocycles. The van der Waals surface area contributed by atoms with Crippen molar-refractivity contribution in [2.75, 3.05) is 26.2 Å². The van der Waals surface area contributed by atoms with Crippen molar-refractivity contribution >= 4 is 21.8 Å². The standard InChI is InChI=1S/C26H31N3O2.C23H25N3O2/c1-19-27-25-11-5-4-10-24(25)26(30)29(19)21-12-14-23(15-13-21)31-22-9-6-17-28(18-16-22)20-7-2-3-8-20;1-16-24-22-8-3-2-7-21(22)23(27)26(16)18-9-11-19(12-10-18)28-20-13-14-25(15-20)17-5-4-6-17/h4-5,10-15,20,22H,2-3,6-9,16-18H2,1H3;2-3,7-12,17,20H,4-6,13-15H2,1H3. The van der Waals surface area contributed by atoms with Gasteiger partial charge in [0.25, 0.3) is 11.1 Å². The Morgan fingerprint density at radius 2 is 0.966 bits per heavy atom. The maximum Gasteiger partial charge on any atom is 0.265 e. The van der Waals surface area contributed by atoms with Crippen LogP contribution in [0, 0.1) is 13.8 Å². The second-order valence-corrected chi connectivity index (χ2v) is 16.9. The third kappa shape index (κ3) is 8.57. The summed E-state index contributed by atoms with van der Waals surface area (Å²) in [5.41, 5.74) is 3.04. The minimum absolute atomic E-state index is 0.0347. The first-order chi connectivity index (χ1) is 28.9. The zero-order valence-corrected chi connectivity index (χ0v) is 34.5. The van der Waals surface area contributed by atoms with E-state index < -0.39 is 0 Å². The Morgan fingerprint density at radius 1 is 0.492 bits per heavy atom. The van der Waals surface area contributed by atoms with Gasteiger partial charge >= 0.3 is 0 Å². The summed E-state index contributed by atoms with van der Waals surface area (Å²) in [6, 6.07) is 32.2. The molecule has 6 aromatic rings. The first-order valence-corrected chi connectivity index (χ1v) is 21.9. The summed E-state index contributed by atoms with van der Waals surface area (Å²) in [6.45, 7) is 8.27. The highest BCUT2D eigenvalue weighted by Crippen LogP contribution is 2.30. The van der Waals surface area contributed by atoms with E-state index >= 15 is 0 Å². The van der Waals surface area contributed by atoms with Crippen LogP contribution in [0.25, 0.3) is 33.2 Å². The molecular formula is C49H56N6O4. The smallest absolute Gasteiger partial charge is 0.265 e. The van der Waals surface area contributed by atoms with Gasteiger partial charge in [0.15, 0.2) is 0 Å². The molecule has 4 heterocycles. The fourth-order valence-corrected chi connectivity index (χ4v) is 9.60. The molecule has 4 fully saturated rings. The number of hydrogen-bond acceptors (Lipinski definition) is 8. The normalized spacial score (nSPS) is 20.6. The Hall–Kier alpha value is -5.32. The summed E-state index contributed by atoms with van der Waals surface area (Å²) in [5, 5.41) is 1.27. The van der Waals surface area contributed by atoms with E-state index in [0.717, 1.165) is 84.9 Å². The SMILES string of the molecule is Cc1nc2ccccc2c(=O)n1-c1ccc(OC2CCCN(C3CCCC3)CC2)cc1.Cc1nc2ccccc2c(=O)n1-c1ccc(OC2CCN(C3CCC3)C2)cc1. The highest BCUT2D eigenvalue weighted by molar-refractivity contribution is 5.78. The Kier molecular flexibility index (Phi) is 11.6. The summed E-state index contributed by atoms with van der Waals surface area (Å²) in [7, 11) is 0. The summed E-state index contributed by atoms with van der Waals surface area (Å²) < 4.78 is 15.9. The van der Waals surface area contributed by atoms with E-state index in [9.17, 15) is 9.59 Å². The Morgan fingerprint density at radius 3 is 1.51 bits per heavy atom. The van der Waals surface area contributed by atoms with E-state index in [1.165, 1.54) is 57.9 Å². The van der Waals surface area contributed by atoms with Crippen LogP contribution in [0.4, 0.5) is 0 Å². The molecule has 10 rings (SSSR count).